The van der Waals surface area contributed by atoms with E-state index in [4.69, 9.17) is 9.47 Å². The number of aromatic nitrogens is 1. The first-order valence-corrected chi connectivity index (χ1v) is 18.3. The van der Waals surface area contributed by atoms with Gasteiger partial charge in [0.05, 0.1) is 19.9 Å². The largest absolute Gasteiger partial charge is 0.493 e. The van der Waals surface area contributed by atoms with Gasteiger partial charge in [0.25, 0.3) is 11.8 Å². The molecule has 1 aromatic heterocycles. The molecule has 0 fully saturated rings. The summed E-state index contributed by atoms with van der Waals surface area (Å²) >= 11 is 2.71. The summed E-state index contributed by atoms with van der Waals surface area (Å²) in [4.78, 5) is 45.9. The maximum atomic E-state index is 13.8. The van der Waals surface area contributed by atoms with E-state index in [1.165, 1.54) is 23.1 Å². The third-order valence-electron chi connectivity index (χ3n) is 8.00. The highest BCUT2D eigenvalue weighted by atomic mass is 32.2. The van der Waals surface area contributed by atoms with Crippen LogP contribution in [0.5, 0.6) is 11.5 Å². The molecule has 9 nitrogen and oxygen atoms in total. The number of thiazole rings is 1. The van der Waals surface area contributed by atoms with Gasteiger partial charge in [-0.1, -0.05) is 78.4 Å². The topological polar surface area (TPSA) is 119 Å². The standard InChI is InChI=1S/C42H36N4O5S2/c1-27-11-10-12-28(23-27)24-34(44-39(47)30-15-8-5-9-16-30)40(48)43-32-18-20-33(21-19-32)53-38(29-13-6-4-7-14-29)41(49)46-42-45-35(26-52-42)31-17-22-36(50-2)37(25-31)51-3/h4-26,38H,1-3H3,(H,43,48)(H,44,47)(H,45,46,49)/b34-24-. The van der Waals surface area contributed by atoms with E-state index in [1.54, 1.807) is 56.7 Å². The lowest BCUT2D eigenvalue weighted by Crippen LogP contribution is -2.30. The number of rotatable bonds is 13. The van der Waals surface area contributed by atoms with E-state index in [-0.39, 0.29) is 11.6 Å². The van der Waals surface area contributed by atoms with Crippen LogP contribution in [0.1, 0.15) is 32.3 Å². The van der Waals surface area contributed by atoms with Crippen molar-refractivity contribution in [2.75, 3.05) is 24.9 Å². The molecule has 3 N–H and O–H groups in total. The van der Waals surface area contributed by atoms with Gasteiger partial charge in [-0.05, 0) is 78.7 Å². The molecule has 0 saturated carbocycles. The molecule has 6 aromatic rings. The van der Waals surface area contributed by atoms with E-state index in [0.717, 1.165) is 27.1 Å². The molecular formula is C42H36N4O5S2. The van der Waals surface area contributed by atoms with E-state index < -0.39 is 17.1 Å². The van der Waals surface area contributed by atoms with Crippen molar-refractivity contribution in [1.29, 1.82) is 0 Å². The number of nitrogens with zero attached hydrogens (tertiary/aromatic N) is 1. The molecule has 1 atom stereocenters. The van der Waals surface area contributed by atoms with Crippen LogP contribution in [0.15, 0.2) is 143 Å². The van der Waals surface area contributed by atoms with Crippen LogP contribution in [-0.4, -0.2) is 36.9 Å². The predicted molar refractivity (Wildman–Crippen MR) is 212 cm³/mol. The summed E-state index contributed by atoms with van der Waals surface area (Å²) in [5, 5.41) is 10.4. The highest BCUT2D eigenvalue weighted by molar-refractivity contribution is 8.00. The lowest BCUT2D eigenvalue weighted by atomic mass is 10.1. The number of benzene rings is 5. The highest BCUT2D eigenvalue weighted by Crippen LogP contribution is 2.38. The van der Waals surface area contributed by atoms with E-state index in [9.17, 15) is 14.4 Å². The van der Waals surface area contributed by atoms with Gasteiger partial charge in [-0.25, -0.2) is 4.98 Å². The number of hydrogen-bond acceptors (Lipinski definition) is 8. The Morgan fingerprint density at radius 1 is 0.774 bits per heavy atom. The molecule has 1 heterocycles. The number of carbonyl (C=O) groups excluding carboxylic acids is 3. The average molecular weight is 741 g/mol. The fourth-order valence-electron chi connectivity index (χ4n) is 5.35. The fraction of sp³-hybridized carbons (Fsp3) is 0.0952. The summed E-state index contributed by atoms with van der Waals surface area (Å²) in [5.41, 5.74) is 5.20. The van der Waals surface area contributed by atoms with Crippen molar-refractivity contribution in [3.8, 4) is 22.8 Å². The van der Waals surface area contributed by atoms with Crippen LogP contribution in [0.25, 0.3) is 17.3 Å². The molecule has 3 amide bonds. The Bertz CT molecular complexity index is 2240. The first kappa shape index (κ1) is 36.6. The number of nitrogens with one attached hydrogen (secondary N) is 3. The monoisotopic (exact) mass is 740 g/mol. The van der Waals surface area contributed by atoms with Gasteiger partial charge in [0.15, 0.2) is 16.6 Å². The quantitative estimate of drug-likeness (QED) is 0.0799. The molecule has 0 spiro atoms. The lowest BCUT2D eigenvalue weighted by Gasteiger charge is -2.17. The number of amides is 3. The maximum Gasteiger partial charge on any atom is 0.272 e. The minimum Gasteiger partial charge on any atom is -0.493 e. The Labute approximate surface area is 316 Å². The van der Waals surface area contributed by atoms with Crippen molar-refractivity contribution < 1.29 is 23.9 Å². The Balaban J connectivity index is 1.17. The van der Waals surface area contributed by atoms with Crippen molar-refractivity contribution in [2.24, 2.45) is 0 Å². The highest BCUT2D eigenvalue weighted by Gasteiger charge is 2.24. The van der Waals surface area contributed by atoms with Crippen molar-refractivity contribution in [1.82, 2.24) is 10.3 Å². The molecule has 0 saturated heterocycles. The third-order valence-corrected chi connectivity index (χ3v) is 10.0. The number of methoxy groups -OCH3 is 2. The zero-order chi connectivity index (χ0) is 37.2. The number of anilines is 2. The van der Waals surface area contributed by atoms with Crippen LogP contribution in [0.3, 0.4) is 0 Å². The normalized spacial score (nSPS) is 11.6. The third kappa shape index (κ3) is 9.59. The van der Waals surface area contributed by atoms with Crippen LogP contribution < -0.4 is 25.4 Å². The second-order valence-corrected chi connectivity index (χ2v) is 13.8. The van der Waals surface area contributed by atoms with Crippen molar-refractivity contribution in [3.05, 3.63) is 161 Å². The number of carbonyl (C=O) groups is 3. The summed E-state index contributed by atoms with van der Waals surface area (Å²) in [6, 6.07) is 38.6. The smallest absolute Gasteiger partial charge is 0.272 e. The molecule has 11 heteroatoms. The average Bonchev–Trinajstić information content (AvgIpc) is 3.66. The molecule has 266 valence electrons. The maximum absolute atomic E-state index is 13.8. The minimum atomic E-state index is -0.595. The number of ether oxygens (including phenoxy) is 2. The Kier molecular flexibility index (Phi) is 12.0. The van der Waals surface area contributed by atoms with Crippen LogP contribution in [-0.2, 0) is 9.59 Å². The predicted octanol–water partition coefficient (Wildman–Crippen LogP) is 9.02. The zero-order valence-corrected chi connectivity index (χ0v) is 30.8. The van der Waals surface area contributed by atoms with E-state index in [2.05, 4.69) is 20.9 Å². The van der Waals surface area contributed by atoms with Gasteiger partial charge in [0.2, 0.25) is 5.91 Å². The van der Waals surface area contributed by atoms with Gasteiger partial charge >= 0.3 is 0 Å². The van der Waals surface area contributed by atoms with Gasteiger partial charge in [-0.3, -0.25) is 14.4 Å². The van der Waals surface area contributed by atoms with Crippen LogP contribution in [0.2, 0.25) is 0 Å². The number of aryl methyl sites for hydroxylation is 1. The molecule has 0 bridgehead atoms. The minimum absolute atomic E-state index is 0.0974. The van der Waals surface area contributed by atoms with Gasteiger partial charge in [-0.15, -0.1) is 23.1 Å². The first-order valence-electron chi connectivity index (χ1n) is 16.6. The van der Waals surface area contributed by atoms with Crippen LogP contribution in [0.4, 0.5) is 10.8 Å². The molecule has 0 radical (unpaired) electrons. The second-order valence-electron chi connectivity index (χ2n) is 11.8. The molecule has 0 aliphatic carbocycles. The summed E-state index contributed by atoms with van der Waals surface area (Å²) < 4.78 is 10.8. The number of thioether (sulfide) groups is 1. The molecule has 0 aliphatic heterocycles. The SMILES string of the molecule is COc1ccc(-c2csc(NC(=O)C(Sc3ccc(NC(=O)/C(=C/c4cccc(C)c4)NC(=O)c4ccccc4)cc3)c3ccccc3)n2)cc1OC. The van der Waals surface area contributed by atoms with Crippen LogP contribution >= 0.6 is 23.1 Å². The van der Waals surface area contributed by atoms with Gasteiger partial charge < -0.3 is 25.4 Å². The van der Waals surface area contributed by atoms with Crippen molar-refractivity contribution in [2.45, 2.75) is 17.1 Å². The summed E-state index contributed by atoms with van der Waals surface area (Å²) in [7, 11) is 3.16. The van der Waals surface area contributed by atoms with Crippen LogP contribution in [0, 0.1) is 6.92 Å². The summed E-state index contributed by atoms with van der Waals surface area (Å²) in [6.07, 6.45) is 1.65. The lowest BCUT2D eigenvalue weighted by molar-refractivity contribution is -0.116. The molecule has 5 aromatic carbocycles. The molecule has 53 heavy (non-hydrogen) atoms. The molecule has 6 rings (SSSR count). The van der Waals surface area contributed by atoms with Crippen molar-refractivity contribution >= 4 is 57.7 Å². The molecule has 1 unspecified atom stereocenters. The summed E-state index contributed by atoms with van der Waals surface area (Å²) in [5.74, 6) is 0.0981. The molecular weight excluding hydrogens is 705 g/mol. The van der Waals surface area contributed by atoms with Gasteiger partial charge in [-0.2, -0.15) is 0 Å². The van der Waals surface area contributed by atoms with Gasteiger partial charge in [0.1, 0.15) is 10.9 Å². The Morgan fingerprint density at radius 3 is 2.19 bits per heavy atom. The van der Waals surface area contributed by atoms with Crippen molar-refractivity contribution in [3.63, 3.8) is 0 Å². The fourth-order valence-corrected chi connectivity index (χ4v) is 7.10. The van der Waals surface area contributed by atoms with Gasteiger partial charge in [0, 0.05) is 27.1 Å². The first-order chi connectivity index (χ1) is 25.8. The number of hydrogen-bond donors (Lipinski definition) is 3. The van der Waals surface area contributed by atoms with E-state index in [0.29, 0.717) is 33.6 Å². The zero-order valence-electron chi connectivity index (χ0n) is 29.2. The van der Waals surface area contributed by atoms with E-state index >= 15 is 0 Å². The van der Waals surface area contributed by atoms with E-state index in [1.807, 2.05) is 103 Å². The second kappa shape index (κ2) is 17.4. The Hall–Kier alpha value is -6.17. The summed E-state index contributed by atoms with van der Waals surface area (Å²) in [6.45, 7) is 1.96. The Morgan fingerprint density at radius 2 is 1.49 bits per heavy atom. The molecule has 0 aliphatic rings.